The van der Waals surface area contributed by atoms with E-state index in [9.17, 15) is 8.42 Å². The number of aromatic nitrogens is 2. The van der Waals surface area contributed by atoms with Crippen molar-refractivity contribution >= 4 is 21.0 Å². The summed E-state index contributed by atoms with van der Waals surface area (Å²) < 4.78 is 33.7. The first-order valence-corrected chi connectivity index (χ1v) is 8.30. The summed E-state index contributed by atoms with van der Waals surface area (Å²) in [5.41, 5.74) is 0.746. The average Bonchev–Trinajstić information content (AvgIpc) is 3.11. The Hall–Kier alpha value is -2.12. The second kappa shape index (κ2) is 5.26. The van der Waals surface area contributed by atoms with E-state index in [2.05, 4.69) is 5.10 Å². The second-order valence-corrected chi connectivity index (χ2v) is 7.12. The predicted molar refractivity (Wildman–Crippen MR) is 82.8 cm³/mol. The Balaban J connectivity index is 1.97. The number of fused-ring (bicyclic) bond motifs is 1. The molecule has 3 rings (SSSR count). The molecule has 0 fully saturated rings. The van der Waals surface area contributed by atoms with E-state index in [-0.39, 0.29) is 5.03 Å². The summed E-state index contributed by atoms with van der Waals surface area (Å²) in [4.78, 5) is 0. The Bertz CT molecular complexity index is 878. The van der Waals surface area contributed by atoms with Crippen molar-refractivity contribution in [3.8, 4) is 0 Å². The van der Waals surface area contributed by atoms with Gasteiger partial charge in [-0.25, -0.2) is 8.42 Å². The summed E-state index contributed by atoms with van der Waals surface area (Å²) in [7, 11) is -0.492. The summed E-state index contributed by atoms with van der Waals surface area (Å²) in [6.45, 7) is 1.80. The van der Waals surface area contributed by atoms with Crippen LogP contribution in [-0.4, -0.2) is 29.6 Å². The molecule has 0 N–H and O–H groups in total. The highest BCUT2D eigenvalue weighted by atomic mass is 32.2. The maximum atomic E-state index is 12.7. The van der Waals surface area contributed by atoms with Crippen molar-refractivity contribution in [1.29, 1.82) is 0 Å². The van der Waals surface area contributed by atoms with E-state index in [1.165, 1.54) is 21.3 Å². The number of aryl methyl sites for hydroxylation is 1. The first-order valence-electron chi connectivity index (χ1n) is 6.86. The van der Waals surface area contributed by atoms with Gasteiger partial charge in [0.2, 0.25) is 0 Å². The minimum atomic E-state index is -3.64. The molecule has 0 aliphatic heterocycles. The van der Waals surface area contributed by atoms with Crippen molar-refractivity contribution in [3.63, 3.8) is 0 Å². The third-order valence-electron chi connectivity index (χ3n) is 3.82. The lowest BCUT2D eigenvalue weighted by Gasteiger charge is -2.22. The summed E-state index contributed by atoms with van der Waals surface area (Å²) in [5, 5.41) is 5.02. The van der Waals surface area contributed by atoms with Crippen LogP contribution in [0, 0.1) is 0 Å². The second-order valence-electron chi connectivity index (χ2n) is 5.18. The van der Waals surface area contributed by atoms with Crippen LogP contribution in [0.4, 0.5) is 0 Å². The lowest BCUT2D eigenvalue weighted by molar-refractivity contribution is 0.345. The molecular weight excluding hydrogens is 302 g/mol. The zero-order valence-electron chi connectivity index (χ0n) is 12.6. The topological polar surface area (TPSA) is 68.3 Å². The van der Waals surface area contributed by atoms with Crippen molar-refractivity contribution in [3.05, 3.63) is 48.4 Å². The van der Waals surface area contributed by atoms with Crippen molar-refractivity contribution in [1.82, 2.24) is 14.1 Å². The number of hydrogen-bond donors (Lipinski definition) is 0. The molecule has 0 saturated heterocycles. The lowest BCUT2D eigenvalue weighted by Crippen LogP contribution is -2.31. The highest BCUT2D eigenvalue weighted by molar-refractivity contribution is 7.89. The maximum Gasteiger partial charge on any atom is 0.260 e. The molecule has 0 radical (unpaired) electrons. The van der Waals surface area contributed by atoms with Crippen LogP contribution in [0.5, 0.6) is 0 Å². The molecular formula is C15H17N3O3S. The van der Waals surface area contributed by atoms with Gasteiger partial charge in [0.1, 0.15) is 11.3 Å². The molecule has 2 aromatic heterocycles. The molecule has 0 aliphatic rings. The highest BCUT2D eigenvalue weighted by Gasteiger charge is 2.30. The van der Waals surface area contributed by atoms with Crippen LogP contribution in [0.3, 0.4) is 0 Å². The van der Waals surface area contributed by atoms with E-state index in [4.69, 9.17) is 4.42 Å². The molecule has 0 bridgehead atoms. The summed E-state index contributed by atoms with van der Waals surface area (Å²) in [6, 6.07) is 10.5. The molecule has 22 heavy (non-hydrogen) atoms. The van der Waals surface area contributed by atoms with Gasteiger partial charge in [0.25, 0.3) is 10.0 Å². The fourth-order valence-electron chi connectivity index (χ4n) is 2.36. The van der Waals surface area contributed by atoms with E-state index >= 15 is 0 Å². The zero-order valence-corrected chi connectivity index (χ0v) is 13.4. The van der Waals surface area contributed by atoms with E-state index < -0.39 is 16.1 Å². The minimum absolute atomic E-state index is 0.151. The van der Waals surface area contributed by atoms with Gasteiger partial charge in [-0.3, -0.25) is 4.68 Å². The van der Waals surface area contributed by atoms with Crippen LogP contribution in [0.2, 0.25) is 0 Å². The summed E-state index contributed by atoms with van der Waals surface area (Å²) in [5.74, 6) is 0.606. The molecule has 1 unspecified atom stereocenters. The Morgan fingerprint density at radius 3 is 2.64 bits per heavy atom. The highest BCUT2D eigenvalue weighted by Crippen LogP contribution is 2.29. The molecule has 0 aliphatic carbocycles. The van der Waals surface area contributed by atoms with Crippen LogP contribution >= 0.6 is 0 Å². The standard InChI is InChI=1S/C15H17N3O3S/c1-11(14-10-12-6-4-5-7-13(12)21-14)18(3)22(19,20)15-8-9-16-17(15)2/h4-11H,1-3H3. The first-order chi connectivity index (χ1) is 10.4. The lowest BCUT2D eigenvalue weighted by atomic mass is 10.2. The molecule has 116 valence electrons. The summed E-state index contributed by atoms with van der Waals surface area (Å²) >= 11 is 0. The molecule has 6 nitrogen and oxygen atoms in total. The largest absolute Gasteiger partial charge is 0.459 e. The van der Waals surface area contributed by atoms with E-state index in [1.54, 1.807) is 21.0 Å². The third kappa shape index (κ3) is 2.32. The van der Waals surface area contributed by atoms with Crippen LogP contribution in [0.1, 0.15) is 18.7 Å². The number of benzene rings is 1. The van der Waals surface area contributed by atoms with Crippen molar-refractivity contribution in [2.24, 2.45) is 7.05 Å². The summed E-state index contributed by atoms with van der Waals surface area (Å²) in [6.07, 6.45) is 1.46. The van der Waals surface area contributed by atoms with Gasteiger partial charge >= 0.3 is 0 Å². The normalized spacial score (nSPS) is 13.8. The quantitative estimate of drug-likeness (QED) is 0.741. The van der Waals surface area contributed by atoms with Gasteiger partial charge in [-0.15, -0.1) is 0 Å². The Labute approximate surface area is 129 Å². The number of rotatable bonds is 4. The number of nitrogens with zero attached hydrogens (tertiary/aromatic N) is 3. The minimum Gasteiger partial charge on any atom is -0.459 e. The third-order valence-corrected chi connectivity index (χ3v) is 5.82. The monoisotopic (exact) mass is 319 g/mol. The number of para-hydroxylation sites is 1. The van der Waals surface area contributed by atoms with Crippen LogP contribution in [0.25, 0.3) is 11.0 Å². The van der Waals surface area contributed by atoms with Gasteiger partial charge in [0.05, 0.1) is 12.2 Å². The molecule has 1 aromatic carbocycles. The van der Waals surface area contributed by atoms with E-state index in [1.807, 2.05) is 30.3 Å². The van der Waals surface area contributed by atoms with E-state index in [0.717, 1.165) is 11.0 Å². The van der Waals surface area contributed by atoms with Gasteiger partial charge in [-0.1, -0.05) is 18.2 Å². The maximum absolute atomic E-state index is 12.7. The fourth-order valence-corrected chi connectivity index (χ4v) is 3.79. The van der Waals surface area contributed by atoms with Gasteiger partial charge in [0.15, 0.2) is 5.03 Å². The molecule has 0 spiro atoms. The van der Waals surface area contributed by atoms with Crippen molar-refractivity contribution < 1.29 is 12.8 Å². The first kappa shape index (κ1) is 14.8. The Morgan fingerprint density at radius 2 is 2.00 bits per heavy atom. The van der Waals surface area contributed by atoms with E-state index in [0.29, 0.717) is 5.76 Å². The number of sulfonamides is 1. The number of hydrogen-bond acceptors (Lipinski definition) is 4. The average molecular weight is 319 g/mol. The fraction of sp³-hybridized carbons (Fsp3) is 0.267. The van der Waals surface area contributed by atoms with Gasteiger partial charge in [-0.2, -0.15) is 9.40 Å². The van der Waals surface area contributed by atoms with Crippen molar-refractivity contribution in [2.75, 3.05) is 7.05 Å². The van der Waals surface area contributed by atoms with Crippen LogP contribution in [0.15, 0.2) is 52.0 Å². The molecule has 3 aromatic rings. The molecule has 2 heterocycles. The zero-order chi connectivity index (χ0) is 15.9. The van der Waals surface area contributed by atoms with Gasteiger partial charge < -0.3 is 4.42 Å². The smallest absolute Gasteiger partial charge is 0.260 e. The van der Waals surface area contributed by atoms with Crippen molar-refractivity contribution in [2.45, 2.75) is 18.0 Å². The Kier molecular flexibility index (Phi) is 3.54. The Morgan fingerprint density at radius 1 is 1.27 bits per heavy atom. The van der Waals surface area contributed by atoms with Gasteiger partial charge in [0, 0.05) is 19.5 Å². The molecule has 1 atom stereocenters. The molecule has 0 amide bonds. The molecule has 7 heteroatoms. The predicted octanol–water partition coefficient (Wildman–Crippen LogP) is 2.55. The van der Waals surface area contributed by atoms with Crippen LogP contribution in [-0.2, 0) is 17.1 Å². The van der Waals surface area contributed by atoms with Gasteiger partial charge in [-0.05, 0) is 25.1 Å². The number of furan rings is 1. The SMILES string of the molecule is CC(c1cc2ccccc2o1)N(C)S(=O)(=O)c1ccnn1C. The van der Waals surface area contributed by atoms with Crippen LogP contribution < -0.4 is 0 Å². The molecule has 0 saturated carbocycles.